The second kappa shape index (κ2) is 6.14. The summed E-state index contributed by atoms with van der Waals surface area (Å²) in [5, 5.41) is 2.16. The van der Waals surface area contributed by atoms with E-state index in [0.717, 1.165) is 13.1 Å². The Morgan fingerprint density at radius 1 is 1.17 bits per heavy atom. The van der Waals surface area contributed by atoms with Gasteiger partial charge in [0.25, 0.3) is 0 Å². The Hall–Kier alpha value is -1.16. The van der Waals surface area contributed by atoms with Crippen molar-refractivity contribution in [2.45, 2.75) is 26.6 Å². The van der Waals surface area contributed by atoms with Crippen LogP contribution in [0.25, 0.3) is 0 Å². The third kappa shape index (κ3) is 3.42. The van der Waals surface area contributed by atoms with Crippen LogP contribution in [-0.4, -0.2) is 11.9 Å². The van der Waals surface area contributed by atoms with Crippen molar-refractivity contribution in [1.82, 2.24) is 4.90 Å². The number of hydrogen-bond donors (Lipinski definition) is 1. The average Bonchev–Trinajstić information content (AvgIpc) is 2.75. The molecule has 1 aromatic carbocycles. The quantitative estimate of drug-likeness (QED) is 0.895. The van der Waals surface area contributed by atoms with Crippen LogP contribution in [0, 0.1) is 6.92 Å². The van der Waals surface area contributed by atoms with Gasteiger partial charge in [-0.1, -0.05) is 24.3 Å². The van der Waals surface area contributed by atoms with Crippen molar-refractivity contribution in [2.24, 2.45) is 5.73 Å². The molecule has 0 saturated carbocycles. The zero-order valence-electron chi connectivity index (χ0n) is 11.0. The number of thiophene rings is 1. The number of nitrogens with zero attached hydrogens (tertiary/aromatic N) is 1. The summed E-state index contributed by atoms with van der Waals surface area (Å²) in [5.74, 6) is 0. The molecule has 2 N–H and O–H groups in total. The van der Waals surface area contributed by atoms with Crippen molar-refractivity contribution in [3.63, 3.8) is 0 Å². The second-order valence-electron chi connectivity index (χ2n) is 4.72. The van der Waals surface area contributed by atoms with Crippen molar-refractivity contribution in [3.05, 3.63) is 57.3 Å². The summed E-state index contributed by atoms with van der Waals surface area (Å²) in [7, 11) is 2.16. The van der Waals surface area contributed by atoms with Gasteiger partial charge >= 0.3 is 0 Å². The molecule has 1 aromatic heterocycles. The van der Waals surface area contributed by atoms with Gasteiger partial charge in [0.05, 0.1) is 0 Å². The first-order valence-corrected chi connectivity index (χ1v) is 7.06. The first-order chi connectivity index (χ1) is 8.69. The van der Waals surface area contributed by atoms with Gasteiger partial charge in [0.2, 0.25) is 0 Å². The van der Waals surface area contributed by atoms with Crippen LogP contribution in [0.5, 0.6) is 0 Å². The molecule has 2 aromatic rings. The summed E-state index contributed by atoms with van der Waals surface area (Å²) in [6.07, 6.45) is 0. The van der Waals surface area contributed by atoms with Gasteiger partial charge in [-0.15, -0.1) is 11.3 Å². The normalized spacial score (nSPS) is 11.1. The molecular weight excluding hydrogens is 240 g/mol. The van der Waals surface area contributed by atoms with Gasteiger partial charge in [-0.25, -0.2) is 0 Å². The van der Waals surface area contributed by atoms with Crippen LogP contribution in [0.4, 0.5) is 0 Å². The maximum Gasteiger partial charge on any atom is 0.0331 e. The fraction of sp³-hybridized carbons (Fsp3) is 0.333. The molecule has 0 fully saturated rings. The lowest BCUT2D eigenvalue weighted by Gasteiger charge is -2.16. The van der Waals surface area contributed by atoms with Gasteiger partial charge in [0.1, 0.15) is 0 Å². The molecule has 0 bridgehead atoms. The molecule has 1 heterocycles. The van der Waals surface area contributed by atoms with Crippen LogP contribution >= 0.6 is 11.3 Å². The van der Waals surface area contributed by atoms with E-state index in [1.54, 1.807) is 0 Å². The fourth-order valence-corrected chi connectivity index (χ4v) is 3.02. The van der Waals surface area contributed by atoms with Crippen molar-refractivity contribution in [1.29, 1.82) is 0 Å². The Morgan fingerprint density at radius 2 is 1.94 bits per heavy atom. The highest BCUT2D eigenvalue weighted by Gasteiger charge is 2.05. The smallest absolute Gasteiger partial charge is 0.0331 e. The molecule has 2 rings (SSSR count). The zero-order chi connectivity index (χ0) is 13.0. The summed E-state index contributed by atoms with van der Waals surface area (Å²) < 4.78 is 0. The topological polar surface area (TPSA) is 29.3 Å². The minimum atomic E-state index is 0.613. The maximum atomic E-state index is 5.67. The fourth-order valence-electron chi connectivity index (χ4n) is 2.03. The van der Waals surface area contributed by atoms with Crippen molar-refractivity contribution >= 4 is 11.3 Å². The Kier molecular flexibility index (Phi) is 4.53. The highest BCUT2D eigenvalue weighted by Crippen LogP contribution is 2.18. The molecule has 2 nitrogen and oxygen atoms in total. The maximum absolute atomic E-state index is 5.67. The SMILES string of the molecule is Cc1ccsc1CN(C)Cc1cccc(CN)c1. The van der Waals surface area contributed by atoms with E-state index >= 15 is 0 Å². The third-order valence-corrected chi connectivity index (χ3v) is 4.07. The van der Waals surface area contributed by atoms with E-state index in [1.807, 2.05) is 11.3 Å². The number of aryl methyl sites for hydroxylation is 1. The summed E-state index contributed by atoms with van der Waals surface area (Å²) in [6, 6.07) is 10.7. The molecule has 0 radical (unpaired) electrons. The molecule has 96 valence electrons. The minimum absolute atomic E-state index is 0.613. The van der Waals surface area contributed by atoms with Gasteiger partial charge in [-0.3, -0.25) is 4.90 Å². The largest absolute Gasteiger partial charge is 0.326 e. The van der Waals surface area contributed by atoms with Crippen molar-refractivity contribution in [2.75, 3.05) is 7.05 Å². The summed E-state index contributed by atoms with van der Waals surface area (Å²) in [4.78, 5) is 3.79. The molecule has 0 aliphatic rings. The van der Waals surface area contributed by atoms with E-state index in [2.05, 4.69) is 54.6 Å². The molecule has 0 atom stereocenters. The minimum Gasteiger partial charge on any atom is -0.326 e. The van der Waals surface area contributed by atoms with E-state index < -0.39 is 0 Å². The number of benzene rings is 1. The lowest BCUT2D eigenvalue weighted by molar-refractivity contribution is 0.321. The summed E-state index contributed by atoms with van der Waals surface area (Å²) >= 11 is 1.83. The van der Waals surface area contributed by atoms with E-state index in [9.17, 15) is 0 Å². The van der Waals surface area contributed by atoms with E-state index in [0.29, 0.717) is 6.54 Å². The number of nitrogens with two attached hydrogens (primary N) is 1. The second-order valence-corrected chi connectivity index (χ2v) is 5.72. The lowest BCUT2D eigenvalue weighted by Crippen LogP contribution is -2.17. The first-order valence-electron chi connectivity index (χ1n) is 6.18. The highest BCUT2D eigenvalue weighted by molar-refractivity contribution is 7.10. The summed E-state index contributed by atoms with van der Waals surface area (Å²) in [6.45, 7) is 4.76. The van der Waals surface area contributed by atoms with Crippen LogP contribution in [0.1, 0.15) is 21.6 Å². The van der Waals surface area contributed by atoms with Gasteiger partial charge < -0.3 is 5.73 Å². The van der Waals surface area contributed by atoms with Crippen molar-refractivity contribution in [3.8, 4) is 0 Å². The van der Waals surface area contributed by atoms with Crippen LogP contribution < -0.4 is 5.73 Å². The zero-order valence-corrected chi connectivity index (χ0v) is 11.8. The van der Waals surface area contributed by atoms with Crippen LogP contribution in [0.2, 0.25) is 0 Å². The average molecular weight is 260 g/mol. The standard InChI is InChI=1S/C15H20N2S/c1-12-6-7-18-15(12)11-17(2)10-14-5-3-4-13(8-14)9-16/h3-8H,9-11,16H2,1-2H3. The first kappa shape index (κ1) is 13.3. The Morgan fingerprint density at radius 3 is 2.61 bits per heavy atom. The highest BCUT2D eigenvalue weighted by atomic mass is 32.1. The van der Waals surface area contributed by atoms with E-state index in [-0.39, 0.29) is 0 Å². The lowest BCUT2D eigenvalue weighted by atomic mass is 10.1. The van der Waals surface area contributed by atoms with Gasteiger partial charge in [0, 0.05) is 24.5 Å². The molecule has 0 spiro atoms. The molecule has 0 aliphatic heterocycles. The monoisotopic (exact) mass is 260 g/mol. The summed E-state index contributed by atoms with van der Waals surface area (Å²) in [5.41, 5.74) is 9.59. The number of rotatable bonds is 5. The Bertz CT molecular complexity index is 505. The molecule has 18 heavy (non-hydrogen) atoms. The van der Waals surface area contributed by atoms with Crippen molar-refractivity contribution < 1.29 is 0 Å². The predicted octanol–water partition coefficient (Wildman–Crippen LogP) is 3.15. The van der Waals surface area contributed by atoms with Crippen LogP contribution in [0.15, 0.2) is 35.7 Å². The Labute approximate surface area is 113 Å². The van der Waals surface area contributed by atoms with Crippen LogP contribution in [-0.2, 0) is 19.6 Å². The molecular formula is C15H20N2S. The van der Waals surface area contributed by atoms with Gasteiger partial charge in [0.15, 0.2) is 0 Å². The molecule has 0 saturated heterocycles. The van der Waals surface area contributed by atoms with E-state index in [4.69, 9.17) is 5.73 Å². The Balaban J connectivity index is 1.98. The third-order valence-electron chi connectivity index (χ3n) is 3.06. The molecule has 0 unspecified atom stereocenters. The van der Waals surface area contributed by atoms with Crippen LogP contribution in [0.3, 0.4) is 0 Å². The van der Waals surface area contributed by atoms with Gasteiger partial charge in [-0.05, 0) is 42.1 Å². The van der Waals surface area contributed by atoms with E-state index in [1.165, 1.54) is 21.6 Å². The molecule has 0 amide bonds. The predicted molar refractivity (Wildman–Crippen MR) is 78.6 cm³/mol. The number of hydrogen-bond acceptors (Lipinski definition) is 3. The molecule has 3 heteroatoms. The molecule has 0 aliphatic carbocycles. The van der Waals surface area contributed by atoms with Gasteiger partial charge in [-0.2, -0.15) is 0 Å².